The zero-order valence-corrected chi connectivity index (χ0v) is 12.7. The van der Waals surface area contributed by atoms with Crippen LogP contribution in [0.1, 0.15) is 40.5 Å². The van der Waals surface area contributed by atoms with Crippen molar-refractivity contribution in [3.63, 3.8) is 0 Å². The molecular formula is C15H19N3OS. The van der Waals surface area contributed by atoms with E-state index >= 15 is 0 Å². The van der Waals surface area contributed by atoms with Crippen molar-refractivity contribution >= 4 is 11.3 Å². The van der Waals surface area contributed by atoms with Crippen molar-refractivity contribution in [1.82, 2.24) is 15.3 Å². The Hall–Kier alpha value is -1.46. The smallest absolute Gasteiger partial charge is 0.212 e. The minimum atomic E-state index is 0.133. The lowest BCUT2D eigenvalue weighted by molar-refractivity contribution is 0.397. The third-order valence-corrected chi connectivity index (χ3v) is 4.79. The molecule has 4 nitrogen and oxygen atoms in total. The molecule has 0 fully saturated rings. The van der Waals surface area contributed by atoms with Gasteiger partial charge in [-0.05, 0) is 31.4 Å². The molecule has 106 valence electrons. The summed E-state index contributed by atoms with van der Waals surface area (Å²) in [5, 5.41) is 4.66. The largest absolute Gasteiger partial charge is 0.481 e. The van der Waals surface area contributed by atoms with Gasteiger partial charge in [-0.25, -0.2) is 9.97 Å². The lowest BCUT2D eigenvalue weighted by atomic mass is 10.1. The van der Waals surface area contributed by atoms with Crippen molar-refractivity contribution in [2.75, 3.05) is 13.7 Å². The molecule has 0 saturated carbocycles. The summed E-state index contributed by atoms with van der Waals surface area (Å²) in [5.41, 5.74) is 2.44. The molecule has 20 heavy (non-hydrogen) atoms. The summed E-state index contributed by atoms with van der Waals surface area (Å²) in [7, 11) is 1.63. The van der Waals surface area contributed by atoms with Crippen molar-refractivity contribution in [2.45, 2.75) is 32.2 Å². The van der Waals surface area contributed by atoms with Gasteiger partial charge in [-0.2, -0.15) is 0 Å². The van der Waals surface area contributed by atoms with Crippen LogP contribution in [-0.2, 0) is 12.8 Å². The third-order valence-electron chi connectivity index (χ3n) is 3.57. The van der Waals surface area contributed by atoms with Gasteiger partial charge in [-0.1, -0.05) is 13.0 Å². The minimum Gasteiger partial charge on any atom is -0.481 e. The van der Waals surface area contributed by atoms with E-state index in [1.807, 2.05) is 23.6 Å². The zero-order valence-electron chi connectivity index (χ0n) is 11.8. The number of fused-ring (bicyclic) bond motifs is 1. The lowest BCUT2D eigenvalue weighted by Gasteiger charge is -2.15. The molecule has 1 N–H and O–H groups in total. The van der Waals surface area contributed by atoms with Crippen molar-refractivity contribution in [3.8, 4) is 5.88 Å². The zero-order chi connectivity index (χ0) is 13.9. The first-order valence-electron chi connectivity index (χ1n) is 7.03. The summed E-state index contributed by atoms with van der Waals surface area (Å²) in [5.74, 6) is 0.644. The predicted octanol–water partition coefficient (Wildman–Crippen LogP) is 2.73. The van der Waals surface area contributed by atoms with Crippen LogP contribution in [0.3, 0.4) is 0 Å². The van der Waals surface area contributed by atoms with Crippen LogP contribution in [-0.4, -0.2) is 23.6 Å². The highest BCUT2D eigenvalue weighted by Crippen LogP contribution is 2.33. The molecule has 1 atom stereocenters. The van der Waals surface area contributed by atoms with Gasteiger partial charge in [0.15, 0.2) is 0 Å². The van der Waals surface area contributed by atoms with E-state index < -0.39 is 0 Å². The molecule has 0 amide bonds. The molecule has 2 aromatic rings. The SMILES string of the molecule is CCNC(c1ccc(OC)nc1)c1nc2c(s1)CCC2. The average Bonchev–Trinajstić information content (AvgIpc) is 3.06. The summed E-state index contributed by atoms with van der Waals surface area (Å²) in [4.78, 5) is 10.6. The van der Waals surface area contributed by atoms with Crippen LogP contribution in [0.25, 0.3) is 0 Å². The molecule has 0 radical (unpaired) electrons. The number of nitrogens with zero attached hydrogens (tertiary/aromatic N) is 2. The highest BCUT2D eigenvalue weighted by Gasteiger charge is 2.22. The Morgan fingerprint density at radius 1 is 1.40 bits per heavy atom. The first kappa shape index (κ1) is 13.5. The Kier molecular flexibility index (Phi) is 3.98. The molecule has 1 unspecified atom stereocenters. The lowest BCUT2D eigenvalue weighted by Crippen LogP contribution is -2.22. The van der Waals surface area contributed by atoms with E-state index in [2.05, 4.69) is 23.3 Å². The maximum atomic E-state index is 5.12. The van der Waals surface area contributed by atoms with Gasteiger partial charge >= 0.3 is 0 Å². The molecule has 0 saturated heterocycles. The number of ether oxygens (including phenoxy) is 1. The molecule has 0 aliphatic heterocycles. The van der Waals surface area contributed by atoms with E-state index in [1.54, 1.807) is 7.11 Å². The molecule has 5 heteroatoms. The topological polar surface area (TPSA) is 47.0 Å². The Morgan fingerprint density at radius 2 is 2.30 bits per heavy atom. The Morgan fingerprint density at radius 3 is 2.95 bits per heavy atom. The Bertz CT molecular complexity index is 558. The van der Waals surface area contributed by atoms with E-state index in [-0.39, 0.29) is 6.04 Å². The summed E-state index contributed by atoms with van der Waals surface area (Å²) in [6, 6.07) is 4.10. The van der Waals surface area contributed by atoms with Crippen LogP contribution in [0.5, 0.6) is 5.88 Å². The number of aryl methyl sites for hydroxylation is 2. The molecule has 3 rings (SSSR count). The van der Waals surface area contributed by atoms with Crippen molar-refractivity contribution < 1.29 is 4.74 Å². The van der Waals surface area contributed by atoms with Crippen molar-refractivity contribution in [3.05, 3.63) is 39.5 Å². The van der Waals surface area contributed by atoms with Crippen LogP contribution < -0.4 is 10.1 Å². The fourth-order valence-electron chi connectivity index (χ4n) is 2.57. The maximum Gasteiger partial charge on any atom is 0.212 e. The van der Waals surface area contributed by atoms with Crippen LogP contribution in [0, 0.1) is 0 Å². The maximum absolute atomic E-state index is 5.12. The number of hydrogen-bond donors (Lipinski definition) is 1. The van der Waals surface area contributed by atoms with E-state index in [1.165, 1.54) is 23.4 Å². The number of hydrogen-bond acceptors (Lipinski definition) is 5. The average molecular weight is 289 g/mol. The van der Waals surface area contributed by atoms with Gasteiger partial charge in [0, 0.05) is 17.1 Å². The van der Waals surface area contributed by atoms with E-state index in [4.69, 9.17) is 9.72 Å². The number of aromatic nitrogens is 2. The second kappa shape index (κ2) is 5.89. The fourth-order valence-corrected chi connectivity index (χ4v) is 3.83. The molecule has 2 aromatic heterocycles. The number of rotatable bonds is 5. The second-order valence-electron chi connectivity index (χ2n) is 4.90. The Labute approximate surface area is 123 Å². The van der Waals surface area contributed by atoms with E-state index in [0.717, 1.165) is 23.5 Å². The Balaban J connectivity index is 1.90. The third kappa shape index (κ3) is 2.55. The van der Waals surface area contributed by atoms with Gasteiger partial charge < -0.3 is 10.1 Å². The molecule has 1 aliphatic carbocycles. The number of methoxy groups -OCH3 is 1. The summed E-state index contributed by atoms with van der Waals surface area (Å²) in [6.07, 6.45) is 5.45. The number of pyridine rings is 1. The van der Waals surface area contributed by atoms with Crippen LogP contribution in [0.15, 0.2) is 18.3 Å². The van der Waals surface area contributed by atoms with Gasteiger partial charge in [0.2, 0.25) is 5.88 Å². The summed E-state index contributed by atoms with van der Waals surface area (Å²) in [6.45, 7) is 3.02. The fraction of sp³-hybridized carbons (Fsp3) is 0.467. The van der Waals surface area contributed by atoms with Crippen LogP contribution in [0.2, 0.25) is 0 Å². The standard InChI is InChI=1S/C15H19N3OS/c1-3-16-14(10-7-8-13(19-2)17-9-10)15-18-11-5-4-6-12(11)20-15/h7-9,14,16H,3-6H2,1-2H3. The normalized spacial score (nSPS) is 15.1. The number of nitrogens with one attached hydrogen (secondary N) is 1. The summed E-state index contributed by atoms with van der Waals surface area (Å²) >= 11 is 1.84. The second-order valence-corrected chi connectivity index (χ2v) is 6.02. The van der Waals surface area contributed by atoms with Crippen LogP contribution in [0.4, 0.5) is 0 Å². The predicted molar refractivity (Wildman–Crippen MR) is 80.4 cm³/mol. The first-order chi connectivity index (χ1) is 9.81. The quantitative estimate of drug-likeness (QED) is 0.919. The molecular weight excluding hydrogens is 270 g/mol. The molecule has 1 aliphatic rings. The van der Waals surface area contributed by atoms with Crippen LogP contribution >= 0.6 is 11.3 Å². The van der Waals surface area contributed by atoms with Gasteiger partial charge in [0.05, 0.1) is 18.8 Å². The highest BCUT2D eigenvalue weighted by atomic mass is 32.1. The highest BCUT2D eigenvalue weighted by molar-refractivity contribution is 7.11. The molecule has 0 spiro atoms. The summed E-state index contributed by atoms with van der Waals surface area (Å²) < 4.78 is 5.12. The molecule has 0 aromatic carbocycles. The monoisotopic (exact) mass is 289 g/mol. The van der Waals surface area contributed by atoms with E-state index in [9.17, 15) is 0 Å². The van der Waals surface area contributed by atoms with E-state index in [0.29, 0.717) is 5.88 Å². The molecule has 2 heterocycles. The van der Waals surface area contributed by atoms with Crippen molar-refractivity contribution in [1.29, 1.82) is 0 Å². The molecule has 0 bridgehead atoms. The van der Waals surface area contributed by atoms with Gasteiger partial charge in [0.1, 0.15) is 5.01 Å². The first-order valence-corrected chi connectivity index (χ1v) is 7.85. The van der Waals surface area contributed by atoms with Gasteiger partial charge in [0.25, 0.3) is 0 Å². The van der Waals surface area contributed by atoms with Crippen molar-refractivity contribution in [2.24, 2.45) is 0 Å². The number of thiazole rings is 1. The minimum absolute atomic E-state index is 0.133. The van der Waals surface area contributed by atoms with Gasteiger partial charge in [-0.15, -0.1) is 11.3 Å². The van der Waals surface area contributed by atoms with Gasteiger partial charge in [-0.3, -0.25) is 0 Å².